The van der Waals surface area contributed by atoms with E-state index in [1.54, 1.807) is 46.1 Å². The number of carboxylic acid groups (broad SMARTS) is 1. The second-order valence-corrected chi connectivity index (χ2v) is 12.1. The number of thiophene rings is 1. The van der Waals surface area contributed by atoms with E-state index in [1.165, 1.54) is 11.0 Å². The molecule has 0 saturated carbocycles. The van der Waals surface area contributed by atoms with E-state index in [0.717, 1.165) is 21.8 Å². The Balaban J connectivity index is 1.68. The molecule has 186 valence electrons. The van der Waals surface area contributed by atoms with Crippen molar-refractivity contribution in [2.45, 2.75) is 49.5 Å². The van der Waals surface area contributed by atoms with Crippen LogP contribution in [0.5, 0.6) is 5.75 Å². The fraction of sp³-hybridized carbons (Fsp3) is 0.478. The Kier molecular flexibility index (Phi) is 7.89. The molecule has 2 aromatic rings. The Labute approximate surface area is 203 Å². The molecule has 2 N–H and O–H groups in total. The molecule has 1 saturated heterocycles. The van der Waals surface area contributed by atoms with Crippen LogP contribution in [0.2, 0.25) is 0 Å². The van der Waals surface area contributed by atoms with Gasteiger partial charge in [-0.2, -0.15) is 4.72 Å². The molecule has 1 fully saturated rings. The van der Waals surface area contributed by atoms with E-state index in [-0.39, 0.29) is 4.21 Å². The van der Waals surface area contributed by atoms with Crippen molar-refractivity contribution in [3.8, 4) is 16.2 Å². The third-order valence-electron chi connectivity index (χ3n) is 5.43. The molecule has 0 radical (unpaired) electrons. The van der Waals surface area contributed by atoms with Gasteiger partial charge in [0.05, 0.1) is 7.11 Å². The molecule has 0 spiro atoms. The van der Waals surface area contributed by atoms with Crippen LogP contribution in [-0.2, 0) is 19.6 Å². The topological polar surface area (TPSA) is 122 Å². The van der Waals surface area contributed by atoms with Crippen LogP contribution in [-0.4, -0.2) is 62.3 Å². The quantitative estimate of drug-likeness (QED) is 0.581. The number of benzene rings is 1. The number of hydrogen-bond donors (Lipinski definition) is 2. The molecule has 2 heterocycles. The van der Waals surface area contributed by atoms with Gasteiger partial charge in [0.2, 0.25) is 0 Å². The summed E-state index contributed by atoms with van der Waals surface area (Å²) in [7, 11) is -2.48. The standard InChI is InChI=1S/C23H30N2O7S2/c1-23(2,3)32-22(28)25-13-11-16(12-14-25)20(21(26)27)24-34(29,30)19-10-9-18(33-19)15-5-7-17(31-4)8-6-15/h5-10,16,20,24H,11-14H2,1-4H3,(H,26,27)/t20-/m1/s1. The number of likely N-dealkylation sites (tertiary alicyclic amines) is 1. The summed E-state index contributed by atoms with van der Waals surface area (Å²) in [5.74, 6) is -1.00. The number of methoxy groups -OCH3 is 1. The minimum Gasteiger partial charge on any atom is -0.497 e. The number of hydrogen-bond acceptors (Lipinski definition) is 7. The molecule has 1 atom stereocenters. The first kappa shape index (κ1) is 26.0. The zero-order chi connectivity index (χ0) is 25.1. The van der Waals surface area contributed by atoms with Crippen LogP contribution in [0.3, 0.4) is 0 Å². The van der Waals surface area contributed by atoms with Gasteiger partial charge in [0.1, 0.15) is 21.6 Å². The van der Waals surface area contributed by atoms with Crippen LogP contribution in [0.1, 0.15) is 33.6 Å². The van der Waals surface area contributed by atoms with E-state index in [1.807, 2.05) is 12.1 Å². The van der Waals surface area contributed by atoms with Gasteiger partial charge in [-0.3, -0.25) is 4.79 Å². The average molecular weight is 511 g/mol. The number of aliphatic carboxylic acids is 1. The summed E-state index contributed by atoms with van der Waals surface area (Å²) in [6.45, 7) is 5.92. The first-order chi connectivity index (χ1) is 15.9. The third kappa shape index (κ3) is 6.49. The van der Waals surface area contributed by atoms with E-state index in [9.17, 15) is 23.1 Å². The van der Waals surface area contributed by atoms with Crippen LogP contribution in [0.4, 0.5) is 4.79 Å². The maximum absolute atomic E-state index is 13.0. The second kappa shape index (κ2) is 10.3. The van der Waals surface area contributed by atoms with Crippen molar-refractivity contribution in [3.63, 3.8) is 0 Å². The Bertz CT molecular complexity index is 1110. The zero-order valence-electron chi connectivity index (χ0n) is 19.6. The SMILES string of the molecule is COc1ccc(-c2ccc(S(=O)(=O)N[C@@H](C(=O)O)C3CCN(C(=O)OC(C)(C)C)CC3)s2)cc1. The van der Waals surface area contributed by atoms with Crippen LogP contribution in [0, 0.1) is 5.92 Å². The summed E-state index contributed by atoms with van der Waals surface area (Å²) < 4.78 is 38.9. The molecule has 0 aliphatic carbocycles. The number of sulfonamides is 1. The number of carbonyl (C=O) groups excluding carboxylic acids is 1. The van der Waals surface area contributed by atoms with E-state index >= 15 is 0 Å². The number of nitrogens with one attached hydrogen (secondary N) is 1. The van der Waals surface area contributed by atoms with Gasteiger partial charge >= 0.3 is 12.1 Å². The molecule has 34 heavy (non-hydrogen) atoms. The van der Waals surface area contributed by atoms with Gasteiger partial charge in [0.15, 0.2) is 0 Å². The lowest BCUT2D eigenvalue weighted by atomic mass is 9.90. The summed E-state index contributed by atoms with van der Waals surface area (Å²) in [6.07, 6.45) is 0.239. The van der Waals surface area contributed by atoms with Crippen LogP contribution in [0.25, 0.3) is 10.4 Å². The fourth-order valence-electron chi connectivity index (χ4n) is 3.69. The smallest absolute Gasteiger partial charge is 0.410 e. The molecular formula is C23H30N2O7S2. The molecule has 3 rings (SSSR count). The molecule has 9 nitrogen and oxygen atoms in total. The number of carboxylic acids is 1. The van der Waals surface area contributed by atoms with Gasteiger partial charge in [0, 0.05) is 18.0 Å². The summed E-state index contributed by atoms with van der Waals surface area (Å²) in [5, 5.41) is 9.76. The Morgan fingerprint density at radius 3 is 2.26 bits per heavy atom. The maximum Gasteiger partial charge on any atom is 0.410 e. The molecule has 11 heteroatoms. The number of amides is 1. The number of ether oxygens (including phenoxy) is 2. The Morgan fingerprint density at radius 1 is 1.12 bits per heavy atom. The van der Waals surface area contributed by atoms with Crippen molar-refractivity contribution in [3.05, 3.63) is 36.4 Å². The highest BCUT2D eigenvalue weighted by Crippen LogP contribution is 2.32. The summed E-state index contributed by atoms with van der Waals surface area (Å²) >= 11 is 1.06. The van der Waals surface area contributed by atoms with Crippen molar-refractivity contribution in [2.24, 2.45) is 5.92 Å². The molecule has 1 aliphatic heterocycles. The minimum absolute atomic E-state index is 0.0377. The molecular weight excluding hydrogens is 480 g/mol. The summed E-state index contributed by atoms with van der Waals surface area (Å²) in [4.78, 5) is 26.5. The highest BCUT2D eigenvalue weighted by atomic mass is 32.2. The van der Waals surface area contributed by atoms with Crippen molar-refractivity contribution in [1.82, 2.24) is 9.62 Å². The van der Waals surface area contributed by atoms with Crippen LogP contribution < -0.4 is 9.46 Å². The fourth-order valence-corrected chi connectivity index (χ4v) is 6.28. The Hall–Kier alpha value is -2.63. The summed E-state index contributed by atoms with van der Waals surface area (Å²) in [5.41, 5.74) is 0.204. The molecule has 1 aromatic carbocycles. The lowest BCUT2D eigenvalue weighted by Gasteiger charge is -2.35. The minimum atomic E-state index is -4.05. The molecule has 1 aromatic heterocycles. The first-order valence-electron chi connectivity index (χ1n) is 10.9. The number of rotatable bonds is 7. The van der Waals surface area contributed by atoms with E-state index in [2.05, 4.69) is 4.72 Å². The van der Waals surface area contributed by atoms with Crippen molar-refractivity contribution in [1.29, 1.82) is 0 Å². The van der Waals surface area contributed by atoms with Crippen molar-refractivity contribution < 1.29 is 32.6 Å². The lowest BCUT2D eigenvalue weighted by Crippen LogP contribution is -2.50. The lowest BCUT2D eigenvalue weighted by molar-refractivity contribution is -0.140. The van der Waals surface area contributed by atoms with Gasteiger partial charge in [-0.05, 0) is 81.5 Å². The normalized spacial score (nSPS) is 16.2. The highest BCUT2D eigenvalue weighted by molar-refractivity contribution is 7.91. The summed E-state index contributed by atoms with van der Waals surface area (Å²) in [6, 6.07) is 9.08. The van der Waals surface area contributed by atoms with Crippen LogP contribution >= 0.6 is 11.3 Å². The van der Waals surface area contributed by atoms with E-state index in [4.69, 9.17) is 9.47 Å². The largest absolute Gasteiger partial charge is 0.497 e. The van der Waals surface area contributed by atoms with Crippen LogP contribution in [0.15, 0.2) is 40.6 Å². The molecule has 1 aliphatic rings. The third-order valence-corrected chi connectivity index (χ3v) is 8.50. The predicted octanol–water partition coefficient (Wildman–Crippen LogP) is 3.80. The van der Waals surface area contributed by atoms with Gasteiger partial charge < -0.3 is 19.5 Å². The number of piperidine rings is 1. The van der Waals surface area contributed by atoms with E-state index < -0.39 is 39.6 Å². The number of nitrogens with zero attached hydrogens (tertiary/aromatic N) is 1. The molecule has 0 bridgehead atoms. The van der Waals surface area contributed by atoms with Gasteiger partial charge in [0.25, 0.3) is 10.0 Å². The van der Waals surface area contributed by atoms with Gasteiger partial charge in [-0.15, -0.1) is 11.3 Å². The molecule has 0 unspecified atom stereocenters. The number of carbonyl (C=O) groups is 2. The highest BCUT2D eigenvalue weighted by Gasteiger charge is 2.37. The van der Waals surface area contributed by atoms with Gasteiger partial charge in [-0.1, -0.05) is 0 Å². The second-order valence-electron chi connectivity index (χ2n) is 9.09. The predicted molar refractivity (Wildman–Crippen MR) is 129 cm³/mol. The van der Waals surface area contributed by atoms with Crippen molar-refractivity contribution >= 4 is 33.4 Å². The average Bonchev–Trinajstić information content (AvgIpc) is 3.28. The van der Waals surface area contributed by atoms with Gasteiger partial charge in [-0.25, -0.2) is 13.2 Å². The van der Waals surface area contributed by atoms with E-state index in [0.29, 0.717) is 31.7 Å². The van der Waals surface area contributed by atoms with Crippen molar-refractivity contribution in [2.75, 3.05) is 20.2 Å². The first-order valence-corrected chi connectivity index (χ1v) is 13.2. The maximum atomic E-state index is 13.0. The zero-order valence-corrected chi connectivity index (χ0v) is 21.2. The monoisotopic (exact) mass is 510 g/mol. The Morgan fingerprint density at radius 2 is 1.74 bits per heavy atom. The molecule has 1 amide bonds.